The van der Waals surface area contributed by atoms with Gasteiger partial charge >= 0.3 is 0 Å². The van der Waals surface area contributed by atoms with E-state index < -0.39 is 0 Å². The average Bonchev–Trinajstić information content (AvgIpc) is 2.79. The van der Waals surface area contributed by atoms with Gasteiger partial charge in [-0.05, 0) is 30.3 Å². The highest BCUT2D eigenvalue weighted by Gasteiger charge is 2.18. The minimum absolute atomic E-state index is 0.0201. The summed E-state index contributed by atoms with van der Waals surface area (Å²) in [5, 5.41) is 30.1. The lowest BCUT2D eigenvalue weighted by Gasteiger charge is -2.11. The Labute approximate surface area is 172 Å². The Balaban J connectivity index is 2.03. The molecular weight excluding hydrogens is 378 g/mol. The number of nitriles is 1. The molecule has 0 atom stereocenters. The second kappa shape index (κ2) is 7.70. The molecule has 0 fully saturated rings. The maximum absolute atomic E-state index is 10.3. The van der Waals surface area contributed by atoms with Crippen LogP contribution in [0.3, 0.4) is 0 Å². The first-order chi connectivity index (χ1) is 14.6. The molecule has 0 spiro atoms. The van der Waals surface area contributed by atoms with E-state index in [0.717, 1.165) is 0 Å². The Kier molecular flexibility index (Phi) is 4.78. The normalized spacial score (nSPS) is 10.2. The highest BCUT2D eigenvalue weighted by Crippen LogP contribution is 2.33. The Morgan fingerprint density at radius 1 is 0.733 bits per heavy atom. The quantitative estimate of drug-likeness (QED) is 0.490. The van der Waals surface area contributed by atoms with Crippen LogP contribution in [0.5, 0.6) is 11.5 Å². The summed E-state index contributed by atoms with van der Waals surface area (Å²) in [5.74, 6) is 0.465. The van der Waals surface area contributed by atoms with E-state index in [1.807, 2.05) is 0 Å². The number of aromatic hydroxyl groups is 2. The summed E-state index contributed by atoms with van der Waals surface area (Å²) in [6, 6.07) is 19.9. The Bertz CT molecular complexity index is 1290. The summed E-state index contributed by atoms with van der Waals surface area (Å²) >= 11 is 0. The van der Waals surface area contributed by atoms with Crippen LogP contribution in [0.25, 0.3) is 39.0 Å². The van der Waals surface area contributed by atoms with Crippen LogP contribution in [0.4, 0.5) is 5.69 Å². The molecule has 142 valence electrons. The first-order valence-corrected chi connectivity index (χ1v) is 8.85. The summed E-state index contributed by atoms with van der Waals surface area (Å²) in [7, 11) is 0. The number of hydrogen-bond acceptors (Lipinski definition) is 6. The molecule has 3 aromatic carbocycles. The minimum Gasteiger partial charge on any atom is -0.507 e. The van der Waals surface area contributed by atoms with Gasteiger partial charge in [-0.25, -0.2) is 19.8 Å². The fraction of sp³-hybridized carbons (Fsp3) is 0. The maximum atomic E-state index is 10.3. The van der Waals surface area contributed by atoms with Crippen molar-refractivity contribution in [2.75, 3.05) is 0 Å². The van der Waals surface area contributed by atoms with Gasteiger partial charge in [-0.2, -0.15) is 5.26 Å². The van der Waals surface area contributed by atoms with Gasteiger partial charge in [0.1, 0.15) is 11.5 Å². The lowest BCUT2D eigenvalue weighted by atomic mass is 10.1. The lowest BCUT2D eigenvalue weighted by molar-refractivity contribution is 0.477. The zero-order chi connectivity index (χ0) is 21.1. The third-order valence-corrected chi connectivity index (χ3v) is 4.42. The van der Waals surface area contributed by atoms with Crippen molar-refractivity contribution in [2.24, 2.45) is 0 Å². The predicted octanol–water partition coefficient (Wildman–Crippen LogP) is 4.71. The third-order valence-electron chi connectivity index (χ3n) is 4.42. The van der Waals surface area contributed by atoms with E-state index in [0.29, 0.717) is 27.9 Å². The molecular formula is C23H13N5O2. The molecule has 7 nitrogen and oxygen atoms in total. The van der Waals surface area contributed by atoms with E-state index in [2.05, 4.69) is 25.9 Å². The molecule has 0 aliphatic heterocycles. The molecule has 0 saturated carbocycles. The second-order valence-electron chi connectivity index (χ2n) is 6.29. The number of para-hydroxylation sites is 2. The number of hydrogen-bond donors (Lipinski definition) is 2. The number of rotatable bonds is 3. The number of phenols is 2. The van der Waals surface area contributed by atoms with Crippen LogP contribution in [-0.4, -0.2) is 25.2 Å². The van der Waals surface area contributed by atoms with Crippen LogP contribution >= 0.6 is 0 Å². The average molecular weight is 391 g/mol. The van der Waals surface area contributed by atoms with Gasteiger partial charge in [0.15, 0.2) is 23.2 Å². The largest absolute Gasteiger partial charge is 0.507 e. The van der Waals surface area contributed by atoms with E-state index in [4.69, 9.17) is 6.57 Å². The SMILES string of the molecule is [C-]#[N+]c1ccc(C#N)c(-c2nc(-c3ccccc3O)nc(-c3ccccc3O)n2)c1. The first-order valence-electron chi connectivity index (χ1n) is 8.85. The fourth-order valence-corrected chi connectivity index (χ4v) is 2.95. The maximum Gasteiger partial charge on any atom is 0.188 e. The van der Waals surface area contributed by atoms with Gasteiger partial charge in [0, 0.05) is 5.56 Å². The lowest BCUT2D eigenvalue weighted by Crippen LogP contribution is -2.01. The molecule has 0 bridgehead atoms. The topological polar surface area (TPSA) is 107 Å². The number of aromatic nitrogens is 3. The minimum atomic E-state index is -0.0201. The van der Waals surface area contributed by atoms with E-state index in [1.54, 1.807) is 42.5 Å². The number of benzene rings is 3. The molecule has 2 N–H and O–H groups in total. The summed E-state index contributed by atoms with van der Waals surface area (Å²) in [4.78, 5) is 16.8. The van der Waals surface area contributed by atoms with Crippen molar-refractivity contribution in [1.82, 2.24) is 15.0 Å². The molecule has 0 aliphatic rings. The van der Waals surface area contributed by atoms with Crippen LogP contribution in [-0.2, 0) is 0 Å². The molecule has 30 heavy (non-hydrogen) atoms. The van der Waals surface area contributed by atoms with Gasteiger partial charge in [-0.3, -0.25) is 0 Å². The highest BCUT2D eigenvalue weighted by molar-refractivity contribution is 5.75. The van der Waals surface area contributed by atoms with Gasteiger partial charge in [-0.1, -0.05) is 36.4 Å². The monoisotopic (exact) mass is 391 g/mol. The van der Waals surface area contributed by atoms with E-state index in [9.17, 15) is 15.5 Å². The summed E-state index contributed by atoms with van der Waals surface area (Å²) in [5.41, 5.74) is 1.73. The van der Waals surface area contributed by atoms with Gasteiger partial charge in [0.2, 0.25) is 0 Å². The molecule has 4 aromatic rings. The fourth-order valence-electron chi connectivity index (χ4n) is 2.95. The van der Waals surface area contributed by atoms with Crippen molar-refractivity contribution >= 4 is 5.69 Å². The number of nitrogens with zero attached hydrogens (tertiary/aromatic N) is 5. The summed E-state index contributed by atoms with van der Waals surface area (Å²) in [6.07, 6.45) is 0. The zero-order valence-corrected chi connectivity index (χ0v) is 15.5. The molecule has 0 saturated heterocycles. The standard InChI is InChI=1S/C23H13N5O2/c1-25-15-11-10-14(13-24)18(12-15)23-27-21(16-6-2-4-8-19(16)29)26-22(28-23)17-7-3-5-9-20(17)30/h2-12,29-30H. The molecule has 0 unspecified atom stereocenters. The van der Waals surface area contributed by atoms with Crippen LogP contribution in [0.2, 0.25) is 0 Å². The van der Waals surface area contributed by atoms with Crippen molar-refractivity contribution in [3.63, 3.8) is 0 Å². The van der Waals surface area contributed by atoms with E-state index >= 15 is 0 Å². The molecule has 0 radical (unpaired) electrons. The van der Waals surface area contributed by atoms with Crippen LogP contribution in [0.15, 0.2) is 66.7 Å². The molecule has 1 heterocycles. The predicted molar refractivity (Wildman–Crippen MR) is 110 cm³/mol. The van der Waals surface area contributed by atoms with Crippen molar-refractivity contribution in [3.8, 4) is 51.7 Å². The van der Waals surface area contributed by atoms with Gasteiger partial charge in [0.05, 0.1) is 29.3 Å². The molecule has 7 heteroatoms. The second-order valence-corrected chi connectivity index (χ2v) is 6.29. The summed E-state index contributed by atoms with van der Waals surface area (Å²) in [6.45, 7) is 7.26. The molecule has 4 rings (SSSR count). The van der Waals surface area contributed by atoms with Crippen molar-refractivity contribution < 1.29 is 10.2 Å². The van der Waals surface area contributed by atoms with Crippen molar-refractivity contribution in [2.45, 2.75) is 0 Å². The summed E-state index contributed by atoms with van der Waals surface area (Å²) < 4.78 is 0. The first kappa shape index (κ1) is 18.6. The van der Waals surface area contributed by atoms with Gasteiger partial charge in [0.25, 0.3) is 0 Å². The van der Waals surface area contributed by atoms with Crippen molar-refractivity contribution in [3.05, 3.63) is 83.7 Å². The van der Waals surface area contributed by atoms with Gasteiger partial charge in [-0.15, -0.1) is 0 Å². The van der Waals surface area contributed by atoms with E-state index in [1.165, 1.54) is 24.3 Å². The molecule has 0 amide bonds. The highest BCUT2D eigenvalue weighted by atomic mass is 16.3. The Hall–Kier alpha value is -4.75. The third kappa shape index (κ3) is 3.39. The number of phenolic OH excluding ortho intramolecular Hbond substituents is 2. The zero-order valence-electron chi connectivity index (χ0n) is 15.5. The molecule has 1 aromatic heterocycles. The molecule has 0 aliphatic carbocycles. The Morgan fingerprint density at radius 2 is 1.23 bits per heavy atom. The van der Waals surface area contributed by atoms with Crippen LogP contribution < -0.4 is 0 Å². The van der Waals surface area contributed by atoms with Crippen LogP contribution in [0, 0.1) is 17.9 Å². The Morgan fingerprint density at radius 3 is 1.70 bits per heavy atom. The van der Waals surface area contributed by atoms with Gasteiger partial charge < -0.3 is 10.2 Å². The smallest absolute Gasteiger partial charge is 0.188 e. The van der Waals surface area contributed by atoms with E-state index in [-0.39, 0.29) is 29.0 Å². The van der Waals surface area contributed by atoms with Crippen molar-refractivity contribution in [1.29, 1.82) is 5.26 Å². The van der Waals surface area contributed by atoms with Crippen LogP contribution in [0.1, 0.15) is 5.56 Å².